The van der Waals surface area contributed by atoms with Crippen molar-refractivity contribution in [3.05, 3.63) is 66.9 Å². The van der Waals surface area contributed by atoms with E-state index in [1.54, 1.807) is 16.9 Å². The molecular weight excluding hydrogens is 290 g/mol. The van der Waals surface area contributed by atoms with E-state index in [2.05, 4.69) is 15.4 Å². The average Bonchev–Trinajstić information content (AvgIpc) is 3.20. The summed E-state index contributed by atoms with van der Waals surface area (Å²) >= 11 is 0. The predicted octanol–water partition coefficient (Wildman–Crippen LogP) is 2.72. The Morgan fingerprint density at radius 3 is 2.74 bits per heavy atom. The molecule has 0 aliphatic carbocycles. The van der Waals surface area contributed by atoms with Crippen molar-refractivity contribution in [2.45, 2.75) is 25.9 Å². The molecule has 0 fully saturated rings. The van der Waals surface area contributed by atoms with E-state index in [0.29, 0.717) is 18.8 Å². The number of carbonyl (C=O) groups is 1. The lowest BCUT2D eigenvalue weighted by atomic mass is 10.2. The molecule has 6 heteroatoms. The van der Waals surface area contributed by atoms with Crippen molar-refractivity contribution in [2.24, 2.45) is 0 Å². The van der Waals surface area contributed by atoms with Crippen molar-refractivity contribution in [2.75, 3.05) is 5.32 Å². The van der Waals surface area contributed by atoms with Crippen LogP contribution in [-0.2, 0) is 11.3 Å². The molecule has 3 heterocycles. The minimum atomic E-state index is -0.0470. The fourth-order valence-electron chi connectivity index (χ4n) is 2.38. The number of nitrogens with one attached hydrogen (secondary N) is 1. The lowest BCUT2D eigenvalue weighted by Crippen LogP contribution is -2.17. The van der Waals surface area contributed by atoms with Gasteiger partial charge < -0.3 is 9.88 Å². The van der Waals surface area contributed by atoms with Gasteiger partial charge >= 0.3 is 0 Å². The number of carbonyl (C=O) groups excluding carboxylic acids is 1. The third kappa shape index (κ3) is 4.06. The van der Waals surface area contributed by atoms with E-state index < -0.39 is 0 Å². The second-order valence-electron chi connectivity index (χ2n) is 5.45. The van der Waals surface area contributed by atoms with Crippen LogP contribution in [0.2, 0.25) is 0 Å². The fraction of sp³-hybridized carbons (Fsp3) is 0.235. The number of amides is 1. The van der Waals surface area contributed by atoms with Crippen LogP contribution in [0.3, 0.4) is 0 Å². The molecule has 0 aliphatic heterocycles. The molecule has 3 rings (SSSR count). The van der Waals surface area contributed by atoms with Gasteiger partial charge in [0.2, 0.25) is 5.91 Å². The molecule has 1 atom stereocenters. The molecule has 1 amide bonds. The largest absolute Gasteiger partial charge is 0.351 e. The lowest BCUT2D eigenvalue weighted by molar-refractivity contribution is -0.116. The van der Waals surface area contributed by atoms with Crippen LogP contribution in [0.25, 0.3) is 0 Å². The number of hydrogen-bond donors (Lipinski definition) is 1. The van der Waals surface area contributed by atoms with Crippen LogP contribution in [0.4, 0.5) is 5.82 Å². The molecule has 3 aromatic heterocycles. The summed E-state index contributed by atoms with van der Waals surface area (Å²) in [5, 5.41) is 7.19. The quantitative estimate of drug-likeness (QED) is 0.761. The normalized spacial score (nSPS) is 12.0. The van der Waals surface area contributed by atoms with Gasteiger partial charge in [-0.05, 0) is 31.2 Å². The molecular formula is C17H19N5O. The zero-order chi connectivity index (χ0) is 16.1. The Morgan fingerprint density at radius 1 is 1.17 bits per heavy atom. The van der Waals surface area contributed by atoms with Crippen LogP contribution in [0.1, 0.15) is 25.1 Å². The molecule has 3 aromatic rings. The zero-order valence-corrected chi connectivity index (χ0v) is 13.0. The second kappa shape index (κ2) is 6.91. The van der Waals surface area contributed by atoms with E-state index in [0.717, 1.165) is 5.69 Å². The van der Waals surface area contributed by atoms with E-state index >= 15 is 0 Å². The highest BCUT2D eigenvalue weighted by Crippen LogP contribution is 2.12. The number of rotatable bonds is 6. The van der Waals surface area contributed by atoms with E-state index in [9.17, 15) is 4.79 Å². The smallest absolute Gasteiger partial charge is 0.227 e. The lowest BCUT2D eigenvalue weighted by Gasteiger charge is -2.12. The first-order valence-electron chi connectivity index (χ1n) is 7.56. The summed E-state index contributed by atoms with van der Waals surface area (Å²) < 4.78 is 3.77. The van der Waals surface area contributed by atoms with E-state index in [1.807, 2.05) is 60.4 Å². The van der Waals surface area contributed by atoms with Crippen molar-refractivity contribution in [1.82, 2.24) is 19.3 Å². The second-order valence-corrected chi connectivity index (χ2v) is 5.45. The van der Waals surface area contributed by atoms with Gasteiger partial charge in [0, 0.05) is 43.3 Å². The molecule has 23 heavy (non-hydrogen) atoms. The third-order valence-corrected chi connectivity index (χ3v) is 3.58. The SMILES string of the molecule is CC(CC(=O)Nc1ccn(Cc2ccccn2)n1)n1cccc1. The minimum Gasteiger partial charge on any atom is -0.351 e. The van der Waals surface area contributed by atoms with Crippen LogP contribution in [0, 0.1) is 0 Å². The van der Waals surface area contributed by atoms with Gasteiger partial charge in [0.15, 0.2) is 5.82 Å². The monoisotopic (exact) mass is 309 g/mol. The maximum Gasteiger partial charge on any atom is 0.227 e. The maximum absolute atomic E-state index is 12.1. The minimum absolute atomic E-state index is 0.0470. The molecule has 0 saturated carbocycles. The van der Waals surface area contributed by atoms with Gasteiger partial charge in [-0.15, -0.1) is 0 Å². The van der Waals surface area contributed by atoms with Crippen LogP contribution >= 0.6 is 0 Å². The van der Waals surface area contributed by atoms with Crippen molar-refractivity contribution in [1.29, 1.82) is 0 Å². The summed E-state index contributed by atoms with van der Waals surface area (Å²) in [5.74, 6) is 0.514. The highest BCUT2D eigenvalue weighted by Gasteiger charge is 2.11. The first kappa shape index (κ1) is 15.0. The van der Waals surface area contributed by atoms with Crippen molar-refractivity contribution in [3.8, 4) is 0 Å². The summed E-state index contributed by atoms with van der Waals surface area (Å²) in [4.78, 5) is 16.4. The van der Waals surface area contributed by atoms with E-state index in [1.165, 1.54) is 0 Å². The van der Waals surface area contributed by atoms with Gasteiger partial charge in [0.25, 0.3) is 0 Å². The Morgan fingerprint density at radius 2 is 2.00 bits per heavy atom. The molecule has 1 unspecified atom stereocenters. The first-order valence-corrected chi connectivity index (χ1v) is 7.56. The van der Waals surface area contributed by atoms with E-state index in [4.69, 9.17) is 0 Å². The van der Waals surface area contributed by atoms with Gasteiger partial charge in [-0.2, -0.15) is 5.10 Å². The number of pyridine rings is 1. The van der Waals surface area contributed by atoms with Gasteiger partial charge in [0.05, 0.1) is 12.2 Å². The molecule has 6 nitrogen and oxygen atoms in total. The Labute approximate surface area is 134 Å². The summed E-state index contributed by atoms with van der Waals surface area (Å²) in [6.45, 7) is 2.59. The summed E-state index contributed by atoms with van der Waals surface area (Å²) in [5.41, 5.74) is 0.926. The Balaban J connectivity index is 1.55. The number of anilines is 1. The number of nitrogens with zero attached hydrogens (tertiary/aromatic N) is 4. The number of hydrogen-bond acceptors (Lipinski definition) is 3. The highest BCUT2D eigenvalue weighted by molar-refractivity contribution is 5.89. The van der Waals surface area contributed by atoms with Crippen molar-refractivity contribution >= 4 is 11.7 Å². The third-order valence-electron chi connectivity index (χ3n) is 3.58. The summed E-state index contributed by atoms with van der Waals surface area (Å²) in [6.07, 6.45) is 7.91. The molecule has 0 aromatic carbocycles. The van der Waals surface area contributed by atoms with Crippen LogP contribution in [0.15, 0.2) is 61.2 Å². The van der Waals surface area contributed by atoms with Crippen LogP contribution in [-0.4, -0.2) is 25.2 Å². The van der Waals surface area contributed by atoms with E-state index in [-0.39, 0.29) is 11.9 Å². The molecule has 0 radical (unpaired) electrons. The van der Waals surface area contributed by atoms with Crippen LogP contribution < -0.4 is 5.32 Å². The topological polar surface area (TPSA) is 64.7 Å². The highest BCUT2D eigenvalue weighted by atomic mass is 16.1. The summed E-state index contributed by atoms with van der Waals surface area (Å²) in [6, 6.07) is 11.6. The van der Waals surface area contributed by atoms with Crippen molar-refractivity contribution in [3.63, 3.8) is 0 Å². The molecule has 0 bridgehead atoms. The summed E-state index contributed by atoms with van der Waals surface area (Å²) in [7, 11) is 0. The zero-order valence-electron chi connectivity index (χ0n) is 13.0. The molecule has 0 aliphatic rings. The Kier molecular flexibility index (Phi) is 4.52. The van der Waals surface area contributed by atoms with Gasteiger partial charge in [-0.25, -0.2) is 0 Å². The predicted molar refractivity (Wildman–Crippen MR) is 88.0 cm³/mol. The molecule has 1 N–H and O–H groups in total. The Hall–Kier alpha value is -2.89. The maximum atomic E-state index is 12.1. The van der Waals surface area contributed by atoms with Crippen LogP contribution in [0.5, 0.6) is 0 Å². The Bertz CT molecular complexity index is 748. The van der Waals surface area contributed by atoms with Gasteiger partial charge in [0.1, 0.15) is 0 Å². The molecule has 0 spiro atoms. The first-order chi connectivity index (χ1) is 11.2. The standard InChI is InChI=1S/C17H19N5O/c1-14(21-9-4-5-10-21)12-17(23)19-16-7-11-22(20-16)13-15-6-2-3-8-18-15/h2-11,14H,12-13H2,1H3,(H,19,20,23). The fourth-order valence-corrected chi connectivity index (χ4v) is 2.38. The number of aromatic nitrogens is 4. The van der Waals surface area contributed by atoms with Crippen molar-refractivity contribution < 1.29 is 4.79 Å². The average molecular weight is 309 g/mol. The molecule has 118 valence electrons. The molecule has 0 saturated heterocycles. The van der Waals surface area contributed by atoms with Gasteiger partial charge in [-0.3, -0.25) is 14.5 Å². The van der Waals surface area contributed by atoms with Gasteiger partial charge in [-0.1, -0.05) is 6.07 Å².